The summed E-state index contributed by atoms with van der Waals surface area (Å²) in [6.07, 6.45) is 3.99. The molecule has 0 spiro atoms. The Hall–Kier alpha value is -2.59. The molecule has 1 unspecified atom stereocenters. The van der Waals surface area contributed by atoms with E-state index < -0.39 is 15.9 Å². The van der Waals surface area contributed by atoms with Crippen LogP contribution in [0.25, 0.3) is 0 Å². The van der Waals surface area contributed by atoms with E-state index >= 15 is 0 Å². The van der Waals surface area contributed by atoms with E-state index in [0.29, 0.717) is 30.3 Å². The van der Waals surface area contributed by atoms with Crippen molar-refractivity contribution in [2.45, 2.75) is 12.6 Å². The van der Waals surface area contributed by atoms with E-state index in [9.17, 15) is 13.2 Å². The summed E-state index contributed by atoms with van der Waals surface area (Å²) < 4.78 is 36.8. The van der Waals surface area contributed by atoms with Crippen molar-refractivity contribution in [3.05, 3.63) is 36.7 Å². The molecule has 1 aliphatic heterocycles. The lowest BCUT2D eigenvalue weighted by molar-refractivity contribution is -0.116. The average Bonchev–Trinajstić information content (AvgIpc) is 3.00. The van der Waals surface area contributed by atoms with Gasteiger partial charge in [0.05, 0.1) is 31.2 Å². The van der Waals surface area contributed by atoms with Gasteiger partial charge in [-0.05, 0) is 12.1 Å². The van der Waals surface area contributed by atoms with Crippen LogP contribution in [-0.2, 0) is 21.4 Å². The van der Waals surface area contributed by atoms with E-state index in [-0.39, 0.29) is 12.6 Å². The second kappa shape index (κ2) is 7.34. The van der Waals surface area contributed by atoms with Crippen LogP contribution < -0.4 is 14.8 Å². The highest BCUT2D eigenvalue weighted by atomic mass is 32.2. The average molecular weight is 380 g/mol. The number of hydrogen-bond acceptors (Lipinski definition) is 6. The molecule has 26 heavy (non-hydrogen) atoms. The molecule has 0 bridgehead atoms. The summed E-state index contributed by atoms with van der Waals surface area (Å²) in [7, 11) is -2.06. The van der Waals surface area contributed by atoms with Gasteiger partial charge in [-0.15, -0.1) is 0 Å². The van der Waals surface area contributed by atoms with Crippen LogP contribution in [0.5, 0.6) is 11.5 Å². The molecular formula is C16H20N4O5S. The molecule has 2 heterocycles. The number of fused-ring (bicyclic) bond motifs is 1. The van der Waals surface area contributed by atoms with Gasteiger partial charge in [0.1, 0.15) is 6.61 Å². The Morgan fingerprint density at radius 3 is 2.85 bits per heavy atom. The lowest BCUT2D eigenvalue weighted by Gasteiger charge is -2.26. The maximum atomic E-state index is 11.9. The predicted octanol–water partition coefficient (Wildman–Crippen LogP) is 0.553. The first-order valence-electron chi connectivity index (χ1n) is 7.93. The number of nitrogens with one attached hydrogen (secondary N) is 1. The summed E-state index contributed by atoms with van der Waals surface area (Å²) in [6.45, 7) is 0.589. The molecule has 10 heteroatoms. The van der Waals surface area contributed by atoms with E-state index in [0.717, 1.165) is 10.6 Å². The largest absolute Gasteiger partial charge is 0.486 e. The zero-order valence-electron chi connectivity index (χ0n) is 14.5. The predicted molar refractivity (Wildman–Crippen MR) is 94.7 cm³/mol. The number of para-hydroxylation sites is 2. The number of anilines is 1. The minimum Gasteiger partial charge on any atom is -0.486 e. The number of amides is 1. The van der Waals surface area contributed by atoms with Gasteiger partial charge in [-0.3, -0.25) is 9.48 Å². The number of sulfonamides is 1. The molecule has 0 radical (unpaired) electrons. The maximum Gasteiger partial charge on any atom is 0.239 e. The van der Waals surface area contributed by atoms with Gasteiger partial charge in [-0.2, -0.15) is 9.40 Å². The monoisotopic (exact) mass is 380 g/mol. The summed E-state index contributed by atoms with van der Waals surface area (Å²) in [5, 5.41) is 6.80. The number of nitrogens with zero attached hydrogens (tertiary/aromatic N) is 3. The van der Waals surface area contributed by atoms with Crippen molar-refractivity contribution in [3.8, 4) is 11.5 Å². The minimum atomic E-state index is -3.41. The standard InChI is InChI=1S/C16H20N4O5S/c1-19(26(2,22)23)10-16(21)18-12-7-17-20(8-12)9-13-11-24-14-5-3-4-6-15(14)25-13/h3-8,13H,9-11H2,1-2H3,(H,18,21). The first-order chi connectivity index (χ1) is 12.3. The number of rotatable bonds is 6. The number of aromatic nitrogens is 2. The smallest absolute Gasteiger partial charge is 0.239 e. The topological polar surface area (TPSA) is 103 Å². The summed E-state index contributed by atoms with van der Waals surface area (Å²) in [5.74, 6) is 0.962. The van der Waals surface area contributed by atoms with Crippen molar-refractivity contribution in [2.75, 3.05) is 31.8 Å². The lowest BCUT2D eigenvalue weighted by atomic mass is 10.2. The molecule has 2 aromatic rings. The first kappa shape index (κ1) is 18.2. The van der Waals surface area contributed by atoms with Gasteiger partial charge in [0.25, 0.3) is 0 Å². The Labute approximate surface area is 151 Å². The highest BCUT2D eigenvalue weighted by Gasteiger charge is 2.21. The molecular weight excluding hydrogens is 360 g/mol. The SMILES string of the molecule is CN(CC(=O)Nc1cnn(CC2COc3ccccc3O2)c1)S(C)(=O)=O. The number of hydrogen-bond donors (Lipinski definition) is 1. The second-order valence-corrected chi connectivity index (χ2v) is 8.11. The van der Waals surface area contributed by atoms with Crippen molar-refractivity contribution in [3.63, 3.8) is 0 Å². The third kappa shape index (κ3) is 4.52. The number of carbonyl (C=O) groups excluding carboxylic acids is 1. The Morgan fingerprint density at radius 1 is 1.38 bits per heavy atom. The van der Waals surface area contributed by atoms with Gasteiger partial charge in [-0.25, -0.2) is 8.42 Å². The third-order valence-electron chi connectivity index (χ3n) is 3.81. The van der Waals surface area contributed by atoms with Crippen molar-refractivity contribution in [1.82, 2.24) is 14.1 Å². The zero-order chi connectivity index (χ0) is 18.7. The van der Waals surface area contributed by atoms with Crippen molar-refractivity contribution in [2.24, 2.45) is 0 Å². The highest BCUT2D eigenvalue weighted by molar-refractivity contribution is 7.88. The quantitative estimate of drug-likeness (QED) is 0.785. The molecule has 0 saturated carbocycles. The molecule has 1 atom stereocenters. The van der Waals surface area contributed by atoms with E-state index in [1.165, 1.54) is 13.2 Å². The van der Waals surface area contributed by atoms with Crippen LogP contribution in [0, 0.1) is 0 Å². The Balaban J connectivity index is 1.55. The van der Waals surface area contributed by atoms with Crippen molar-refractivity contribution >= 4 is 21.6 Å². The third-order valence-corrected chi connectivity index (χ3v) is 5.07. The second-order valence-electron chi connectivity index (χ2n) is 6.02. The van der Waals surface area contributed by atoms with E-state index in [2.05, 4.69) is 10.4 Å². The van der Waals surface area contributed by atoms with Crippen LogP contribution in [-0.4, -0.2) is 61.0 Å². The van der Waals surface area contributed by atoms with Gasteiger partial charge >= 0.3 is 0 Å². The Kier molecular flexibility index (Phi) is 5.14. The first-order valence-corrected chi connectivity index (χ1v) is 9.78. The van der Waals surface area contributed by atoms with Crippen LogP contribution in [0.4, 0.5) is 5.69 Å². The highest BCUT2D eigenvalue weighted by Crippen LogP contribution is 2.31. The summed E-state index contributed by atoms with van der Waals surface area (Å²) in [5.41, 5.74) is 0.481. The summed E-state index contributed by atoms with van der Waals surface area (Å²) in [6, 6.07) is 7.45. The maximum absolute atomic E-state index is 11.9. The molecule has 140 valence electrons. The molecule has 0 fully saturated rings. The van der Waals surface area contributed by atoms with Gasteiger partial charge in [0.15, 0.2) is 17.6 Å². The molecule has 3 rings (SSSR count). The van der Waals surface area contributed by atoms with Gasteiger partial charge in [0.2, 0.25) is 15.9 Å². The van der Waals surface area contributed by atoms with Gasteiger partial charge < -0.3 is 14.8 Å². The molecule has 1 aromatic heterocycles. The summed E-state index contributed by atoms with van der Waals surface area (Å²) in [4.78, 5) is 11.9. The van der Waals surface area contributed by atoms with E-state index in [4.69, 9.17) is 9.47 Å². The zero-order valence-corrected chi connectivity index (χ0v) is 15.3. The molecule has 0 aliphatic carbocycles. The van der Waals surface area contributed by atoms with Gasteiger partial charge in [0, 0.05) is 13.2 Å². The molecule has 1 N–H and O–H groups in total. The van der Waals surface area contributed by atoms with Crippen LogP contribution >= 0.6 is 0 Å². The number of benzene rings is 1. The molecule has 9 nitrogen and oxygen atoms in total. The molecule has 1 amide bonds. The van der Waals surface area contributed by atoms with Crippen molar-refractivity contribution < 1.29 is 22.7 Å². The fourth-order valence-corrected chi connectivity index (χ4v) is 2.76. The van der Waals surface area contributed by atoms with Crippen LogP contribution in [0.1, 0.15) is 0 Å². The van der Waals surface area contributed by atoms with Crippen LogP contribution in [0.2, 0.25) is 0 Å². The lowest BCUT2D eigenvalue weighted by Crippen LogP contribution is -2.34. The van der Waals surface area contributed by atoms with E-state index in [1.807, 2.05) is 24.3 Å². The molecule has 0 saturated heterocycles. The number of carbonyl (C=O) groups is 1. The van der Waals surface area contributed by atoms with E-state index in [1.54, 1.807) is 10.9 Å². The normalized spacial score (nSPS) is 16.5. The molecule has 1 aromatic carbocycles. The molecule has 1 aliphatic rings. The summed E-state index contributed by atoms with van der Waals surface area (Å²) >= 11 is 0. The number of likely N-dealkylation sites (N-methyl/N-ethyl adjacent to an activating group) is 1. The number of ether oxygens (including phenoxy) is 2. The Morgan fingerprint density at radius 2 is 2.12 bits per heavy atom. The van der Waals surface area contributed by atoms with Crippen LogP contribution in [0.3, 0.4) is 0 Å². The van der Waals surface area contributed by atoms with Crippen LogP contribution in [0.15, 0.2) is 36.7 Å². The fourth-order valence-electron chi connectivity index (χ4n) is 2.41. The fraction of sp³-hybridized carbons (Fsp3) is 0.375. The van der Waals surface area contributed by atoms with Gasteiger partial charge in [-0.1, -0.05) is 12.1 Å². The minimum absolute atomic E-state index is 0.204. The van der Waals surface area contributed by atoms with Crippen molar-refractivity contribution in [1.29, 1.82) is 0 Å². The Bertz CT molecular complexity index is 896.